The molecule has 2 aromatic carbocycles. The standard InChI is InChI=1S/C19H16FN3OS/c1-24-18-15(9-6-13-3-2-10-23-17(13)18)19(22)25-16(21)11-12-4-7-14(20)8-5-12/h2-10,21-22H,11H2,1H3. The second-order valence-electron chi connectivity index (χ2n) is 5.38. The van der Waals surface area contributed by atoms with E-state index in [-0.39, 0.29) is 10.9 Å². The molecular weight excluding hydrogens is 337 g/mol. The van der Waals surface area contributed by atoms with Crippen molar-refractivity contribution in [2.75, 3.05) is 7.11 Å². The Kier molecular flexibility index (Phi) is 5.09. The van der Waals surface area contributed by atoms with Crippen molar-refractivity contribution in [3.05, 3.63) is 71.7 Å². The van der Waals surface area contributed by atoms with E-state index in [1.807, 2.05) is 24.3 Å². The monoisotopic (exact) mass is 353 g/mol. The molecule has 0 aliphatic heterocycles. The maximum atomic E-state index is 13.0. The Balaban J connectivity index is 1.80. The first-order valence-electron chi connectivity index (χ1n) is 7.59. The third kappa shape index (κ3) is 3.85. The lowest BCUT2D eigenvalue weighted by molar-refractivity contribution is 0.418. The van der Waals surface area contributed by atoms with Crippen LogP contribution in [0, 0.1) is 16.6 Å². The molecule has 1 aromatic heterocycles. The second kappa shape index (κ2) is 7.44. The lowest BCUT2D eigenvalue weighted by Crippen LogP contribution is -2.05. The molecule has 4 nitrogen and oxygen atoms in total. The average molecular weight is 353 g/mol. The lowest BCUT2D eigenvalue weighted by Gasteiger charge is -2.12. The summed E-state index contributed by atoms with van der Waals surface area (Å²) in [6.45, 7) is 0. The number of nitrogens with one attached hydrogen (secondary N) is 2. The highest BCUT2D eigenvalue weighted by atomic mass is 32.2. The van der Waals surface area contributed by atoms with Gasteiger partial charge in [-0.1, -0.05) is 36.0 Å². The summed E-state index contributed by atoms with van der Waals surface area (Å²) in [5, 5.41) is 17.9. The van der Waals surface area contributed by atoms with Gasteiger partial charge in [0.05, 0.1) is 17.7 Å². The number of nitrogens with zero attached hydrogens (tertiary/aromatic N) is 1. The molecule has 3 rings (SSSR count). The number of ether oxygens (including phenoxy) is 1. The maximum Gasteiger partial charge on any atom is 0.154 e. The number of benzene rings is 2. The van der Waals surface area contributed by atoms with Gasteiger partial charge in [0.15, 0.2) is 5.75 Å². The highest BCUT2D eigenvalue weighted by molar-refractivity contribution is 8.26. The number of pyridine rings is 1. The molecule has 25 heavy (non-hydrogen) atoms. The molecule has 126 valence electrons. The maximum absolute atomic E-state index is 13.0. The Bertz CT molecular complexity index is 941. The van der Waals surface area contributed by atoms with Crippen LogP contribution in [0.2, 0.25) is 0 Å². The van der Waals surface area contributed by atoms with Crippen molar-refractivity contribution in [3.8, 4) is 5.75 Å². The molecule has 0 saturated heterocycles. The summed E-state index contributed by atoms with van der Waals surface area (Å²) >= 11 is 1.05. The van der Waals surface area contributed by atoms with Crippen LogP contribution in [0.25, 0.3) is 10.9 Å². The van der Waals surface area contributed by atoms with E-state index >= 15 is 0 Å². The van der Waals surface area contributed by atoms with Gasteiger partial charge in [-0.2, -0.15) is 0 Å². The fourth-order valence-electron chi connectivity index (χ4n) is 2.51. The number of hydrogen-bond donors (Lipinski definition) is 2. The predicted molar refractivity (Wildman–Crippen MR) is 101 cm³/mol. The fraction of sp³-hybridized carbons (Fsp3) is 0.105. The number of aromatic nitrogens is 1. The van der Waals surface area contributed by atoms with E-state index in [1.165, 1.54) is 12.1 Å². The Morgan fingerprint density at radius 3 is 2.60 bits per heavy atom. The van der Waals surface area contributed by atoms with Gasteiger partial charge < -0.3 is 4.74 Å². The van der Waals surface area contributed by atoms with Crippen LogP contribution < -0.4 is 4.74 Å². The number of halogens is 1. The van der Waals surface area contributed by atoms with Crippen molar-refractivity contribution in [2.24, 2.45) is 0 Å². The molecule has 0 fully saturated rings. The fourth-order valence-corrected chi connectivity index (χ4v) is 3.26. The summed E-state index contributed by atoms with van der Waals surface area (Å²) < 4.78 is 18.4. The summed E-state index contributed by atoms with van der Waals surface area (Å²) in [6.07, 6.45) is 2.03. The SMILES string of the molecule is COc1c(C(=N)SC(=N)Cc2ccc(F)cc2)ccc2cccnc12. The van der Waals surface area contributed by atoms with Crippen LogP contribution in [-0.2, 0) is 6.42 Å². The van der Waals surface area contributed by atoms with Crippen LogP contribution in [-0.4, -0.2) is 22.2 Å². The summed E-state index contributed by atoms with van der Waals surface area (Å²) in [6, 6.07) is 13.5. The number of hydrogen-bond acceptors (Lipinski definition) is 5. The van der Waals surface area contributed by atoms with Gasteiger partial charge in [-0.3, -0.25) is 15.8 Å². The molecule has 0 amide bonds. The van der Waals surface area contributed by atoms with E-state index in [1.54, 1.807) is 25.4 Å². The molecule has 3 aromatic rings. The van der Waals surface area contributed by atoms with Crippen molar-refractivity contribution in [2.45, 2.75) is 6.42 Å². The Morgan fingerprint density at radius 2 is 1.88 bits per heavy atom. The first kappa shape index (κ1) is 17.1. The van der Waals surface area contributed by atoms with Gasteiger partial charge in [0.2, 0.25) is 0 Å². The normalized spacial score (nSPS) is 10.6. The highest BCUT2D eigenvalue weighted by Crippen LogP contribution is 2.31. The van der Waals surface area contributed by atoms with Crippen LogP contribution in [0.3, 0.4) is 0 Å². The molecular formula is C19H16FN3OS. The molecule has 0 spiro atoms. The zero-order valence-corrected chi connectivity index (χ0v) is 14.4. The zero-order chi connectivity index (χ0) is 17.8. The van der Waals surface area contributed by atoms with E-state index in [0.717, 1.165) is 22.7 Å². The van der Waals surface area contributed by atoms with Crippen LogP contribution in [0.4, 0.5) is 4.39 Å². The molecule has 0 aliphatic carbocycles. The van der Waals surface area contributed by atoms with Crippen molar-refractivity contribution in [3.63, 3.8) is 0 Å². The highest BCUT2D eigenvalue weighted by Gasteiger charge is 2.15. The largest absolute Gasteiger partial charge is 0.494 e. The third-order valence-corrected chi connectivity index (χ3v) is 4.49. The topological polar surface area (TPSA) is 69.8 Å². The van der Waals surface area contributed by atoms with Crippen LogP contribution in [0.5, 0.6) is 5.75 Å². The summed E-state index contributed by atoms with van der Waals surface area (Å²) in [5.41, 5.74) is 2.12. The zero-order valence-electron chi connectivity index (χ0n) is 13.5. The van der Waals surface area contributed by atoms with Gasteiger partial charge in [0.1, 0.15) is 16.4 Å². The van der Waals surface area contributed by atoms with E-state index in [0.29, 0.717) is 28.3 Å². The van der Waals surface area contributed by atoms with Crippen molar-refractivity contribution >= 4 is 32.8 Å². The van der Waals surface area contributed by atoms with Crippen LogP contribution in [0.15, 0.2) is 54.7 Å². The van der Waals surface area contributed by atoms with Crippen LogP contribution >= 0.6 is 11.8 Å². The Hall–Kier alpha value is -2.73. The van der Waals surface area contributed by atoms with Crippen LogP contribution in [0.1, 0.15) is 11.1 Å². The van der Waals surface area contributed by atoms with Gasteiger partial charge >= 0.3 is 0 Å². The molecule has 0 aliphatic rings. The quantitative estimate of drug-likeness (QED) is 0.529. The van der Waals surface area contributed by atoms with Gasteiger partial charge in [0, 0.05) is 18.0 Å². The molecule has 1 heterocycles. The molecule has 0 atom stereocenters. The van der Waals surface area contributed by atoms with Gasteiger partial charge in [-0.25, -0.2) is 4.39 Å². The van der Waals surface area contributed by atoms with Gasteiger partial charge in [-0.05, 0) is 29.8 Å². The van der Waals surface area contributed by atoms with E-state index < -0.39 is 0 Å². The molecule has 0 bridgehead atoms. The summed E-state index contributed by atoms with van der Waals surface area (Å²) in [4.78, 5) is 4.33. The van der Waals surface area contributed by atoms with Gasteiger partial charge in [-0.15, -0.1) is 0 Å². The Morgan fingerprint density at radius 1 is 1.12 bits per heavy atom. The first-order valence-corrected chi connectivity index (χ1v) is 8.40. The first-order chi connectivity index (χ1) is 12.1. The smallest absolute Gasteiger partial charge is 0.154 e. The molecule has 6 heteroatoms. The number of methoxy groups -OCH3 is 1. The van der Waals surface area contributed by atoms with Gasteiger partial charge in [0.25, 0.3) is 0 Å². The van der Waals surface area contributed by atoms with E-state index in [2.05, 4.69) is 4.98 Å². The summed E-state index contributed by atoms with van der Waals surface area (Å²) in [5.74, 6) is 0.231. The van der Waals surface area contributed by atoms with Crippen molar-refractivity contribution < 1.29 is 9.13 Å². The van der Waals surface area contributed by atoms with E-state index in [9.17, 15) is 4.39 Å². The molecule has 0 saturated carbocycles. The number of fused-ring (bicyclic) bond motifs is 1. The second-order valence-corrected chi connectivity index (χ2v) is 6.48. The van der Waals surface area contributed by atoms with E-state index in [4.69, 9.17) is 15.6 Å². The minimum atomic E-state index is -0.302. The third-order valence-electron chi connectivity index (χ3n) is 3.68. The molecule has 0 radical (unpaired) electrons. The number of rotatable bonds is 4. The minimum absolute atomic E-state index is 0.219. The molecule has 2 N–H and O–H groups in total. The predicted octanol–water partition coefficient (Wildman–Crippen LogP) is 4.66. The molecule has 0 unspecified atom stereocenters. The van der Waals surface area contributed by atoms with Crippen molar-refractivity contribution in [1.82, 2.24) is 4.98 Å². The summed E-state index contributed by atoms with van der Waals surface area (Å²) in [7, 11) is 1.55. The van der Waals surface area contributed by atoms with Crippen molar-refractivity contribution in [1.29, 1.82) is 10.8 Å². The number of thioether (sulfide) groups is 1. The average Bonchev–Trinajstić information content (AvgIpc) is 2.62. The lowest BCUT2D eigenvalue weighted by atomic mass is 10.1. The Labute approximate surface area is 149 Å². The minimum Gasteiger partial charge on any atom is -0.494 e.